The summed E-state index contributed by atoms with van der Waals surface area (Å²) >= 11 is 0. The Kier molecular flexibility index (Phi) is 4.50. The Hall–Kier alpha value is -1.83. The van der Waals surface area contributed by atoms with Crippen molar-refractivity contribution in [2.75, 3.05) is 0 Å². The van der Waals surface area contributed by atoms with Crippen molar-refractivity contribution in [3.63, 3.8) is 0 Å². The van der Waals surface area contributed by atoms with E-state index in [0.717, 1.165) is 0 Å². The minimum absolute atomic E-state index is 0.0883. The van der Waals surface area contributed by atoms with Crippen molar-refractivity contribution in [2.45, 2.75) is 30.7 Å². The first-order valence-corrected chi connectivity index (χ1v) is 5.31. The molecule has 0 fully saturated rings. The van der Waals surface area contributed by atoms with E-state index < -0.39 is 52.7 Å². The molecule has 1 heterocycles. The number of alkyl halides is 12. The predicted molar refractivity (Wildman–Crippen MR) is 48.7 cm³/mol. The molecule has 0 aliphatic heterocycles. The molecule has 1 atom stereocenters. The Morgan fingerprint density at radius 1 is 0.792 bits per heavy atom. The van der Waals surface area contributed by atoms with Gasteiger partial charge < -0.3 is 4.42 Å². The lowest BCUT2D eigenvalue weighted by molar-refractivity contribution is -0.458. The summed E-state index contributed by atoms with van der Waals surface area (Å²) < 4.78 is 156. The van der Waals surface area contributed by atoms with Crippen molar-refractivity contribution in [2.24, 2.45) is 5.41 Å². The molecule has 0 saturated heterocycles. The summed E-state index contributed by atoms with van der Waals surface area (Å²) in [6, 6.07) is -5.38. The van der Waals surface area contributed by atoms with Crippen molar-refractivity contribution in [3.05, 3.63) is 23.0 Å². The molecule has 140 valence electrons. The SMILES string of the molecule is O=c1occn1C(C(F)(F)F)C(C(F)(F)F)(C(F)(F)F)C(F)(F)F. The van der Waals surface area contributed by atoms with Crippen LogP contribution in [0.3, 0.4) is 0 Å². The maximum Gasteiger partial charge on any atom is 0.419 e. The number of halogens is 12. The summed E-state index contributed by atoms with van der Waals surface area (Å²) in [5, 5.41) is 0. The second-order valence-electron chi connectivity index (χ2n) is 4.32. The molecule has 15 heteroatoms. The van der Waals surface area contributed by atoms with Gasteiger partial charge in [-0.15, -0.1) is 0 Å². The topological polar surface area (TPSA) is 35.1 Å². The van der Waals surface area contributed by atoms with Crippen molar-refractivity contribution in [1.29, 1.82) is 0 Å². The van der Waals surface area contributed by atoms with E-state index in [-0.39, 0.29) is 6.26 Å². The predicted octanol–water partition coefficient (Wildman–Crippen LogP) is 4.22. The number of nitrogens with zero attached hydrogens (tertiary/aromatic N) is 1. The second-order valence-corrected chi connectivity index (χ2v) is 4.32. The fraction of sp³-hybridized carbons (Fsp3) is 0.667. The second kappa shape index (κ2) is 5.34. The maximum absolute atomic E-state index is 12.8. The summed E-state index contributed by atoms with van der Waals surface area (Å²) in [7, 11) is 0. The Labute approximate surface area is 122 Å². The van der Waals surface area contributed by atoms with Gasteiger partial charge in [0.1, 0.15) is 6.26 Å². The molecule has 1 aromatic rings. The first-order chi connectivity index (χ1) is 10.4. The molecule has 3 nitrogen and oxygen atoms in total. The van der Waals surface area contributed by atoms with Gasteiger partial charge in [0.05, 0.1) is 0 Å². The molecule has 0 bridgehead atoms. The molecular weight excluding hydrogens is 382 g/mol. The van der Waals surface area contributed by atoms with Gasteiger partial charge in [-0.05, 0) is 0 Å². The quantitative estimate of drug-likeness (QED) is 0.715. The molecule has 1 unspecified atom stereocenters. The van der Waals surface area contributed by atoms with E-state index >= 15 is 0 Å². The molecular formula is C9H3F12NO2. The third kappa shape index (κ3) is 2.83. The monoisotopic (exact) mass is 385 g/mol. The summed E-state index contributed by atoms with van der Waals surface area (Å²) in [5.74, 6) is -2.49. The van der Waals surface area contributed by atoms with E-state index in [1.165, 1.54) is 0 Å². The molecule has 0 N–H and O–H groups in total. The van der Waals surface area contributed by atoms with Crippen LogP contribution in [0.2, 0.25) is 0 Å². The highest BCUT2D eigenvalue weighted by atomic mass is 19.4. The first-order valence-electron chi connectivity index (χ1n) is 5.31. The Morgan fingerprint density at radius 3 is 1.38 bits per heavy atom. The molecule has 24 heavy (non-hydrogen) atoms. The van der Waals surface area contributed by atoms with Crippen LogP contribution in [-0.4, -0.2) is 29.3 Å². The highest BCUT2D eigenvalue weighted by Gasteiger charge is 2.90. The standard InChI is InChI=1S/C9H3F12NO2/c10-6(11,12)3(22-1-2-24-4(22)23)5(7(13,14)15,8(16,17)18)9(19,20)21/h1-3H. The van der Waals surface area contributed by atoms with Crippen LogP contribution >= 0.6 is 0 Å². The molecule has 0 radical (unpaired) electrons. The van der Waals surface area contributed by atoms with E-state index in [1.54, 1.807) is 0 Å². The van der Waals surface area contributed by atoms with E-state index in [4.69, 9.17) is 0 Å². The number of aromatic nitrogens is 1. The zero-order valence-corrected chi connectivity index (χ0v) is 10.5. The number of rotatable bonds is 2. The fourth-order valence-electron chi connectivity index (χ4n) is 2.03. The van der Waals surface area contributed by atoms with Gasteiger partial charge in [0.15, 0.2) is 6.04 Å². The lowest BCUT2D eigenvalue weighted by atomic mass is 9.76. The zero-order valence-electron chi connectivity index (χ0n) is 10.5. The van der Waals surface area contributed by atoms with Gasteiger partial charge in [0.2, 0.25) is 0 Å². The highest BCUT2D eigenvalue weighted by Crippen LogP contribution is 2.67. The van der Waals surface area contributed by atoms with Gasteiger partial charge in [-0.3, -0.25) is 4.57 Å². The van der Waals surface area contributed by atoms with Crippen molar-refractivity contribution < 1.29 is 57.1 Å². The number of hydrogen-bond acceptors (Lipinski definition) is 2. The van der Waals surface area contributed by atoms with Crippen LogP contribution in [0.5, 0.6) is 0 Å². The molecule has 0 aliphatic carbocycles. The van der Waals surface area contributed by atoms with Crippen LogP contribution in [0.4, 0.5) is 52.7 Å². The molecule has 0 aromatic carbocycles. The van der Waals surface area contributed by atoms with Crippen molar-refractivity contribution >= 4 is 0 Å². The lowest BCUT2D eigenvalue weighted by Gasteiger charge is -2.43. The summed E-state index contributed by atoms with van der Waals surface area (Å²) in [6.45, 7) is 0. The van der Waals surface area contributed by atoms with Gasteiger partial charge in [-0.25, -0.2) is 4.79 Å². The number of oxazole rings is 1. The zero-order chi connectivity index (χ0) is 19.4. The van der Waals surface area contributed by atoms with Crippen LogP contribution in [0, 0.1) is 5.41 Å². The maximum atomic E-state index is 12.8. The van der Waals surface area contributed by atoms with Gasteiger partial charge in [-0.1, -0.05) is 0 Å². The molecule has 0 spiro atoms. The molecule has 0 amide bonds. The Bertz CT molecular complexity index is 591. The molecule has 0 saturated carbocycles. The van der Waals surface area contributed by atoms with Gasteiger partial charge in [0, 0.05) is 6.20 Å². The summed E-state index contributed by atoms with van der Waals surface area (Å²) in [6.07, 6.45) is -29.8. The van der Waals surface area contributed by atoms with Crippen molar-refractivity contribution in [3.8, 4) is 0 Å². The van der Waals surface area contributed by atoms with Crippen molar-refractivity contribution in [1.82, 2.24) is 4.57 Å². The summed E-state index contributed by atoms with van der Waals surface area (Å²) in [5.41, 5.74) is -7.29. The van der Waals surface area contributed by atoms with Gasteiger partial charge in [-0.2, -0.15) is 52.7 Å². The Morgan fingerprint density at radius 2 is 1.17 bits per heavy atom. The Balaban J connectivity index is 4.06. The van der Waals surface area contributed by atoms with E-state index in [9.17, 15) is 57.5 Å². The molecule has 1 aromatic heterocycles. The van der Waals surface area contributed by atoms with Crippen LogP contribution in [0.15, 0.2) is 21.7 Å². The van der Waals surface area contributed by atoms with Crippen LogP contribution in [0.1, 0.15) is 6.04 Å². The van der Waals surface area contributed by atoms with Crippen LogP contribution in [-0.2, 0) is 0 Å². The third-order valence-corrected chi connectivity index (χ3v) is 2.94. The summed E-state index contributed by atoms with van der Waals surface area (Å²) in [4.78, 5) is 10.9. The molecule has 1 rings (SSSR count). The average molecular weight is 385 g/mol. The normalized spacial score (nSPS) is 16.3. The average Bonchev–Trinajstić information content (AvgIpc) is 2.64. The lowest BCUT2D eigenvalue weighted by Crippen LogP contribution is -2.67. The molecule has 0 aliphatic rings. The largest absolute Gasteiger partial charge is 0.419 e. The van der Waals surface area contributed by atoms with E-state index in [0.29, 0.717) is 0 Å². The highest BCUT2D eigenvalue weighted by molar-refractivity contribution is 5.09. The smallest absolute Gasteiger partial charge is 0.416 e. The van der Waals surface area contributed by atoms with Gasteiger partial charge >= 0.3 is 30.5 Å². The first kappa shape index (κ1) is 20.2. The van der Waals surface area contributed by atoms with Crippen LogP contribution < -0.4 is 5.76 Å². The van der Waals surface area contributed by atoms with E-state index in [2.05, 4.69) is 4.42 Å². The minimum atomic E-state index is -7.50. The number of hydrogen-bond donors (Lipinski definition) is 0. The third-order valence-electron chi connectivity index (χ3n) is 2.94. The minimum Gasteiger partial charge on any atom is -0.416 e. The fourth-order valence-corrected chi connectivity index (χ4v) is 2.03. The van der Waals surface area contributed by atoms with E-state index in [1.807, 2.05) is 0 Å². The van der Waals surface area contributed by atoms with Gasteiger partial charge in [0.25, 0.3) is 5.41 Å². The van der Waals surface area contributed by atoms with Crippen LogP contribution in [0.25, 0.3) is 0 Å².